The van der Waals surface area contributed by atoms with Crippen molar-refractivity contribution in [2.45, 2.75) is 39.7 Å². The highest BCUT2D eigenvalue weighted by Gasteiger charge is 2.22. The Morgan fingerprint density at radius 3 is 2.80 bits per heavy atom. The number of nitrogens with two attached hydrogens (primary N) is 1. The summed E-state index contributed by atoms with van der Waals surface area (Å²) in [7, 11) is 0. The maximum absolute atomic E-state index is 8.73. The van der Waals surface area contributed by atoms with Crippen molar-refractivity contribution in [1.29, 1.82) is 0 Å². The summed E-state index contributed by atoms with van der Waals surface area (Å²) in [5, 5.41) is 15.3. The van der Waals surface area contributed by atoms with Gasteiger partial charge in [-0.3, -0.25) is 0 Å². The van der Waals surface area contributed by atoms with E-state index in [0.717, 1.165) is 23.9 Å². The average Bonchev–Trinajstić information content (AvgIpc) is 2.42. The molecule has 0 heterocycles. The smallest absolute Gasteiger partial charge is 0.144 e. The van der Waals surface area contributed by atoms with Gasteiger partial charge in [0.05, 0.1) is 0 Å². The standard InChI is InChI=1S/C15H24BrN3O/c1-11(12-6-4-7-13(16)10-12)18-9-5-8-15(2,3)14(17)19-20/h4,6-7,10-11,18,20H,5,8-9H2,1-3H3,(H2,17,19)/t11-/m1/s1. The first-order valence-electron chi connectivity index (χ1n) is 6.83. The summed E-state index contributed by atoms with van der Waals surface area (Å²) in [4.78, 5) is 0. The van der Waals surface area contributed by atoms with Gasteiger partial charge in [-0.1, -0.05) is 47.1 Å². The molecule has 1 atom stereocenters. The highest BCUT2D eigenvalue weighted by Crippen LogP contribution is 2.22. The molecule has 1 aromatic carbocycles. The second kappa shape index (κ2) is 7.64. The zero-order valence-corrected chi connectivity index (χ0v) is 13.9. The van der Waals surface area contributed by atoms with Crippen LogP contribution in [0.1, 0.15) is 45.2 Å². The topological polar surface area (TPSA) is 70.6 Å². The van der Waals surface area contributed by atoms with Crippen molar-refractivity contribution >= 4 is 21.8 Å². The van der Waals surface area contributed by atoms with Gasteiger partial charge in [0, 0.05) is 15.9 Å². The number of benzene rings is 1. The van der Waals surface area contributed by atoms with Crippen molar-refractivity contribution in [3.05, 3.63) is 34.3 Å². The van der Waals surface area contributed by atoms with Crippen LogP contribution in [0.5, 0.6) is 0 Å². The number of oxime groups is 1. The van der Waals surface area contributed by atoms with Crippen LogP contribution in [0.4, 0.5) is 0 Å². The Labute approximate surface area is 129 Å². The SMILES string of the molecule is C[C@@H](NCCCC(C)(C)/C(N)=N/O)c1cccc(Br)c1. The van der Waals surface area contributed by atoms with Crippen LogP contribution in [-0.4, -0.2) is 17.6 Å². The van der Waals surface area contributed by atoms with Crippen LogP contribution in [0, 0.1) is 5.41 Å². The lowest BCUT2D eigenvalue weighted by Crippen LogP contribution is -2.32. The first-order chi connectivity index (χ1) is 9.36. The molecule has 0 saturated carbocycles. The van der Waals surface area contributed by atoms with Gasteiger partial charge >= 0.3 is 0 Å². The van der Waals surface area contributed by atoms with Crippen LogP contribution >= 0.6 is 15.9 Å². The molecule has 0 amide bonds. The molecule has 0 aliphatic heterocycles. The van der Waals surface area contributed by atoms with Gasteiger partial charge in [0.15, 0.2) is 0 Å². The van der Waals surface area contributed by atoms with Gasteiger partial charge in [0.1, 0.15) is 5.84 Å². The van der Waals surface area contributed by atoms with E-state index >= 15 is 0 Å². The quantitative estimate of drug-likeness (QED) is 0.233. The van der Waals surface area contributed by atoms with Crippen LogP contribution in [0.15, 0.2) is 33.9 Å². The Balaban J connectivity index is 2.38. The fourth-order valence-electron chi connectivity index (χ4n) is 2.01. The summed E-state index contributed by atoms with van der Waals surface area (Å²) in [6, 6.07) is 8.61. The van der Waals surface area contributed by atoms with Gasteiger partial charge in [0.2, 0.25) is 0 Å². The number of nitrogens with zero attached hydrogens (tertiary/aromatic N) is 1. The van der Waals surface area contributed by atoms with E-state index in [1.807, 2.05) is 26.0 Å². The second-order valence-electron chi connectivity index (χ2n) is 5.70. The van der Waals surface area contributed by atoms with Gasteiger partial charge < -0.3 is 16.3 Å². The van der Waals surface area contributed by atoms with Crippen LogP contribution in [0.2, 0.25) is 0 Å². The molecule has 5 heteroatoms. The third kappa shape index (κ3) is 5.13. The van der Waals surface area contributed by atoms with Gasteiger partial charge in [-0.25, -0.2) is 0 Å². The number of halogens is 1. The molecule has 0 saturated heterocycles. The molecule has 0 aliphatic rings. The van der Waals surface area contributed by atoms with Crippen molar-refractivity contribution in [2.24, 2.45) is 16.3 Å². The van der Waals surface area contributed by atoms with E-state index in [4.69, 9.17) is 10.9 Å². The Bertz CT molecular complexity index is 460. The Kier molecular flexibility index (Phi) is 6.49. The molecule has 0 fully saturated rings. The van der Waals surface area contributed by atoms with E-state index in [0.29, 0.717) is 6.04 Å². The van der Waals surface area contributed by atoms with E-state index in [-0.39, 0.29) is 11.3 Å². The predicted molar refractivity (Wildman–Crippen MR) is 87.0 cm³/mol. The van der Waals surface area contributed by atoms with Crippen LogP contribution < -0.4 is 11.1 Å². The van der Waals surface area contributed by atoms with Gasteiger partial charge in [-0.2, -0.15) is 0 Å². The number of hydrogen-bond donors (Lipinski definition) is 3. The molecule has 0 aromatic heterocycles. The summed E-state index contributed by atoms with van der Waals surface area (Å²) in [5.41, 5.74) is 6.67. The fourth-order valence-corrected chi connectivity index (χ4v) is 2.42. The van der Waals surface area contributed by atoms with Gasteiger partial charge in [-0.05, 0) is 44.0 Å². The molecule has 1 aromatic rings. The maximum Gasteiger partial charge on any atom is 0.144 e. The average molecular weight is 342 g/mol. The minimum Gasteiger partial charge on any atom is -0.409 e. The molecule has 1 rings (SSSR count). The molecule has 4 nitrogen and oxygen atoms in total. The minimum absolute atomic E-state index is 0.268. The predicted octanol–water partition coefficient (Wildman–Crippen LogP) is 3.65. The molecule has 4 N–H and O–H groups in total. The largest absolute Gasteiger partial charge is 0.409 e. The molecule has 0 unspecified atom stereocenters. The normalized spacial score (nSPS) is 14.3. The highest BCUT2D eigenvalue weighted by atomic mass is 79.9. The molecule has 20 heavy (non-hydrogen) atoms. The number of amidine groups is 1. The van der Waals surface area contributed by atoms with Crippen molar-refractivity contribution in [1.82, 2.24) is 5.32 Å². The first kappa shape index (κ1) is 17.0. The lowest BCUT2D eigenvalue weighted by molar-refractivity contribution is 0.304. The van der Waals surface area contributed by atoms with E-state index < -0.39 is 0 Å². The molecule has 112 valence electrons. The third-order valence-corrected chi connectivity index (χ3v) is 4.07. The van der Waals surface area contributed by atoms with E-state index in [2.05, 4.69) is 45.5 Å². The minimum atomic E-state index is -0.268. The van der Waals surface area contributed by atoms with Crippen LogP contribution in [-0.2, 0) is 0 Å². The summed E-state index contributed by atoms with van der Waals surface area (Å²) >= 11 is 3.48. The Morgan fingerprint density at radius 2 is 2.20 bits per heavy atom. The van der Waals surface area contributed by atoms with Gasteiger partial charge in [-0.15, -0.1) is 0 Å². The van der Waals surface area contributed by atoms with Crippen molar-refractivity contribution < 1.29 is 5.21 Å². The van der Waals surface area contributed by atoms with Crippen LogP contribution in [0.3, 0.4) is 0 Å². The summed E-state index contributed by atoms with van der Waals surface area (Å²) in [5.74, 6) is 0.289. The fraction of sp³-hybridized carbons (Fsp3) is 0.533. The first-order valence-corrected chi connectivity index (χ1v) is 7.63. The monoisotopic (exact) mass is 341 g/mol. The zero-order chi connectivity index (χ0) is 15.2. The Hall–Kier alpha value is -1.07. The number of hydrogen-bond acceptors (Lipinski definition) is 3. The van der Waals surface area contributed by atoms with E-state index in [1.54, 1.807) is 0 Å². The summed E-state index contributed by atoms with van der Waals surface area (Å²) < 4.78 is 1.09. The van der Waals surface area contributed by atoms with E-state index in [9.17, 15) is 0 Å². The van der Waals surface area contributed by atoms with Crippen molar-refractivity contribution in [3.8, 4) is 0 Å². The second-order valence-corrected chi connectivity index (χ2v) is 6.62. The van der Waals surface area contributed by atoms with Crippen LogP contribution in [0.25, 0.3) is 0 Å². The summed E-state index contributed by atoms with van der Waals surface area (Å²) in [6.45, 7) is 7.02. The number of rotatable bonds is 7. The Morgan fingerprint density at radius 1 is 1.50 bits per heavy atom. The lowest BCUT2D eigenvalue weighted by atomic mass is 9.86. The highest BCUT2D eigenvalue weighted by molar-refractivity contribution is 9.10. The zero-order valence-electron chi connectivity index (χ0n) is 12.4. The van der Waals surface area contributed by atoms with Crippen molar-refractivity contribution in [2.75, 3.05) is 6.54 Å². The molecule has 0 spiro atoms. The molecule has 0 bridgehead atoms. The van der Waals surface area contributed by atoms with Gasteiger partial charge in [0.25, 0.3) is 0 Å². The molecule has 0 radical (unpaired) electrons. The summed E-state index contributed by atoms with van der Waals surface area (Å²) in [6.07, 6.45) is 1.85. The molecular formula is C15H24BrN3O. The maximum atomic E-state index is 8.73. The molecular weight excluding hydrogens is 318 g/mol. The molecule has 0 aliphatic carbocycles. The third-order valence-electron chi connectivity index (χ3n) is 3.58. The van der Waals surface area contributed by atoms with Crippen molar-refractivity contribution in [3.63, 3.8) is 0 Å². The number of nitrogens with one attached hydrogen (secondary N) is 1. The van der Waals surface area contributed by atoms with E-state index in [1.165, 1.54) is 5.56 Å². The lowest BCUT2D eigenvalue weighted by Gasteiger charge is -2.23.